The number of aromatic hydroxyl groups is 1. The molecule has 1 aliphatic rings. The van der Waals surface area contributed by atoms with Crippen LogP contribution in [0.25, 0.3) is 0 Å². The number of anilines is 1. The number of aliphatic hydroxyl groups is 1. The first-order valence-electron chi connectivity index (χ1n) is 7.02. The molecule has 0 aromatic heterocycles. The zero-order valence-electron chi connectivity index (χ0n) is 12.0. The molecular formula is C14H22N2O4S. The van der Waals surface area contributed by atoms with Gasteiger partial charge in [0.2, 0.25) is 10.0 Å². The first-order chi connectivity index (χ1) is 9.72. The van der Waals surface area contributed by atoms with Crippen LogP contribution < -0.4 is 10.5 Å². The summed E-state index contributed by atoms with van der Waals surface area (Å²) in [5.41, 5.74) is 4.52. The monoisotopic (exact) mass is 314 g/mol. The lowest BCUT2D eigenvalue weighted by molar-refractivity contribution is -0.00751. The normalized spacial score (nSPS) is 26.7. The molecule has 118 valence electrons. The van der Waals surface area contributed by atoms with Gasteiger partial charge in [-0.05, 0) is 37.0 Å². The number of hydrogen-bond donors (Lipinski definition) is 4. The van der Waals surface area contributed by atoms with Gasteiger partial charge >= 0.3 is 0 Å². The largest absolute Gasteiger partial charge is 0.506 e. The maximum atomic E-state index is 12.2. The molecule has 1 aromatic carbocycles. The maximum absolute atomic E-state index is 12.2. The van der Waals surface area contributed by atoms with E-state index in [1.54, 1.807) is 0 Å². The van der Waals surface area contributed by atoms with E-state index in [9.17, 15) is 18.6 Å². The third-order valence-corrected chi connectivity index (χ3v) is 5.37. The zero-order chi connectivity index (χ0) is 15.7. The summed E-state index contributed by atoms with van der Waals surface area (Å²) in [6, 6.07) is 3.72. The van der Waals surface area contributed by atoms with Crippen LogP contribution in [0.1, 0.15) is 32.6 Å². The number of phenols is 1. The third kappa shape index (κ3) is 3.87. The predicted octanol–water partition coefficient (Wildman–Crippen LogP) is 1.19. The molecule has 0 radical (unpaired) electrons. The Bertz CT molecular complexity index is 617. The molecule has 2 atom stereocenters. The molecule has 6 nitrogen and oxygen atoms in total. The highest BCUT2D eigenvalue weighted by Crippen LogP contribution is 2.32. The summed E-state index contributed by atoms with van der Waals surface area (Å²) in [7, 11) is -3.76. The quantitative estimate of drug-likeness (QED) is 0.492. The van der Waals surface area contributed by atoms with Crippen molar-refractivity contribution >= 4 is 15.7 Å². The number of nitrogens with one attached hydrogen (secondary N) is 1. The van der Waals surface area contributed by atoms with Crippen LogP contribution in [0.4, 0.5) is 5.69 Å². The van der Waals surface area contributed by atoms with E-state index < -0.39 is 15.6 Å². The lowest BCUT2D eigenvalue weighted by Crippen LogP contribution is -2.45. The van der Waals surface area contributed by atoms with E-state index in [1.807, 2.05) is 0 Å². The van der Waals surface area contributed by atoms with Gasteiger partial charge in [0.05, 0.1) is 16.2 Å². The number of rotatable bonds is 4. The van der Waals surface area contributed by atoms with Gasteiger partial charge in [0.25, 0.3) is 0 Å². The Balaban J connectivity index is 2.09. The lowest BCUT2D eigenvalue weighted by Gasteiger charge is -2.35. The van der Waals surface area contributed by atoms with Crippen molar-refractivity contribution in [1.29, 1.82) is 0 Å². The molecule has 0 aliphatic heterocycles. The van der Waals surface area contributed by atoms with Crippen LogP contribution >= 0.6 is 0 Å². The third-order valence-electron chi connectivity index (χ3n) is 3.97. The van der Waals surface area contributed by atoms with Crippen molar-refractivity contribution in [3.05, 3.63) is 18.2 Å². The molecule has 0 heterocycles. The van der Waals surface area contributed by atoms with Crippen molar-refractivity contribution in [3.63, 3.8) is 0 Å². The Morgan fingerprint density at radius 2 is 2.19 bits per heavy atom. The number of hydrogen-bond acceptors (Lipinski definition) is 5. The Morgan fingerprint density at radius 3 is 2.81 bits per heavy atom. The van der Waals surface area contributed by atoms with Gasteiger partial charge in [-0.2, -0.15) is 0 Å². The van der Waals surface area contributed by atoms with E-state index >= 15 is 0 Å². The number of nitrogen functional groups attached to an aromatic ring is 1. The number of benzene rings is 1. The van der Waals surface area contributed by atoms with Gasteiger partial charge in [-0.15, -0.1) is 0 Å². The molecule has 7 heteroatoms. The molecular weight excluding hydrogens is 292 g/mol. The van der Waals surface area contributed by atoms with Crippen molar-refractivity contribution in [2.75, 3.05) is 12.3 Å². The smallest absolute Gasteiger partial charge is 0.240 e. The second kappa shape index (κ2) is 5.82. The van der Waals surface area contributed by atoms with Gasteiger partial charge in [0.1, 0.15) is 5.75 Å². The topological polar surface area (TPSA) is 113 Å². The summed E-state index contributed by atoms with van der Waals surface area (Å²) >= 11 is 0. The summed E-state index contributed by atoms with van der Waals surface area (Å²) in [4.78, 5) is -0.0229. The summed E-state index contributed by atoms with van der Waals surface area (Å²) in [5.74, 6) is 0.228. The Morgan fingerprint density at radius 1 is 1.48 bits per heavy atom. The summed E-state index contributed by atoms with van der Waals surface area (Å²) < 4.78 is 26.8. The summed E-state index contributed by atoms with van der Waals surface area (Å²) in [6.07, 6.45) is 3.14. The zero-order valence-corrected chi connectivity index (χ0v) is 12.9. The highest BCUT2D eigenvalue weighted by molar-refractivity contribution is 7.89. The minimum atomic E-state index is -3.76. The van der Waals surface area contributed by atoms with Gasteiger partial charge in [-0.1, -0.05) is 19.8 Å². The SMILES string of the molecule is CC1CCCC(O)(CNS(=O)(=O)c2ccc(O)c(N)c2)C1. The Kier molecular flexibility index (Phi) is 4.46. The van der Waals surface area contributed by atoms with Crippen molar-refractivity contribution < 1.29 is 18.6 Å². The van der Waals surface area contributed by atoms with Crippen LogP contribution in [0.3, 0.4) is 0 Å². The molecule has 1 fully saturated rings. The standard InChI is InChI=1S/C14H22N2O4S/c1-10-3-2-6-14(18,8-10)9-16-21(19,20)11-4-5-13(17)12(15)7-11/h4-5,7,10,16-18H,2-3,6,8-9,15H2,1H3. The van der Waals surface area contributed by atoms with Crippen LogP contribution in [0.15, 0.2) is 23.1 Å². The van der Waals surface area contributed by atoms with Crippen LogP contribution in [0, 0.1) is 5.92 Å². The minimum Gasteiger partial charge on any atom is -0.506 e. The Hall–Kier alpha value is -1.31. The molecule has 1 aromatic rings. The van der Waals surface area contributed by atoms with E-state index in [2.05, 4.69) is 11.6 Å². The van der Waals surface area contributed by atoms with E-state index in [4.69, 9.17) is 5.73 Å². The first kappa shape index (κ1) is 16.1. The number of phenolic OH excluding ortho intramolecular Hbond substituents is 1. The average Bonchev–Trinajstić information content (AvgIpc) is 2.40. The van der Waals surface area contributed by atoms with Crippen molar-refractivity contribution in [2.24, 2.45) is 5.92 Å². The van der Waals surface area contributed by atoms with Crippen LogP contribution in [-0.2, 0) is 10.0 Å². The van der Waals surface area contributed by atoms with Crippen LogP contribution in [0.2, 0.25) is 0 Å². The van der Waals surface area contributed by atoms with Gasteiger partial charge in [-0.3, -0.25) is 0 Å². The molecule has 2 rings (SSSR count). The second-order valence-corrected chi connectivity index (χ2v) is 7.74. The Labute approximate surface area is 125 Å². The fourth-order valence-corrected chi connectivity index (χ4v) is 3.96. The molecule has 21 heavy (non-hydrogen) atoms. The number of sulfonamides is 1. The molecule has 0 spiro atoms. The second-order valence-electron chi connectivity index (χ2n) is 5.97. The van der Waals surface area contributed by atoms with Gasteiger partial charge < -0.3 is 15.9 Å². The van der Waals surface area contributed by atoms with Crippen molar-refractivity contribution in [2.45, 2.75) is 43.1 Å². The van der Waals surface area contributed by atoms with Crippen molar-refractivity contribution in [1.82, 2.24) is 4.72 Å². The first-order valence-corrected chi connectivity index (χ1v) is 8.51. The fraction of sp³-hybridized carbons (Fsp3) is 0.571. The molecule has 1 aliphatic carbocycles. The summed E-state index contributed by atoms with van der Waals surface area (Å²) in [5, 5.41) is 19.8. The average molecular weight is 314 g/mol. The highest BCUT2D eigenvalue weighted by atomic mass is 32.2. The molecule has 1 saturated carbocycles. The molecule has 0 amide bonds. The van der Waals surface area contributed by atoms with Gasteiger partial charge in [0, 0.05) is 6.54 Å². The molecule has 0 bridgehead atoms. The van der Waals surface area contributed by atoms with E-state index in [0.29, 0.717) is 18.8 Å². The molecule has 0 saturated heterocycles. The van der Waals surface area contributed by atoms with Crippen molar-refractivity contribution in [3.8, 4) is 5.75 Å². The minimum absolute atomic E-state index is 0.00266. The highest BCUT2D eigenvalue weighted by Gasteiger charge is 2.33. The van der Waals surface area contributed by atoms with E-state index in [1.165, 1.54) is 18.2 Å². The predicted molar refractivity (Wildman–Crippen MR) is 80.3 cm³/mol. The maximum Gasteiger partial charge on any atom is 0.240 e. The summed E-state index contributed by atoms with van der Waals surface area (Å²) in [6.45, 7) is 2.04. The van der Waals surface area contributed by atoms with Gasteiger partial charge in [0.15, 0.2) is 0 Å². The lowest BCUT2D eigenvalue weighted by atomic mass is 9.79. The molecule has 2 unspecified atom stereocenters. The van der Waals surface area contributed by atoms with Gasteiger partial charge in [-0.25, -0.2) is 13.1 Å². The van der Waals surface area contributed by atoms with Crippen LogP contribution in [-0.4, -0.2) is 30.8 Å². The van der Waals surface area contributed by atoms with Crippen LogP contribution in [0.5, 0.6) is 5.75 Å². The van der Waals surface area contributed by atoms with E-state index in [-0.39, 0.29) is 22.9 Å². The number of nitrogens with two attached hydrogens (primary N) is 1. The van der Waals surface area contributed by atoms with E-state index in [0.717, 1.165) is 12.8 Å². The molecule has 5 N–H and O–H groups in total. The fourth-order valence-electron chi connectivity index (χ4n) is 2.81.